The molecule has 0 spiro atoms. The van der Waals surface area contributed by atoms with Gasteiger partial charge in [-0.15, -0.1) is 0 Å². The molecule has 1 aromatic carbocycles. The zero-order chi connectivity index (χ0) is 17.8. The topological polar surface area (TPSA) is 67.2 Å². The summed E-state index contributed by atoms with van der Waals surface area (Å²) in [6.45, 7) is 2.96. The van der Waals surface area contributed by atoms with Gasteiger partial charge < -0.3 is 10.2 Å². The normalized spacial score (nSPS) is 18.4. The Bertz CT molecular complexity index is 747. The molecular weight excluding hydrogens is 340 g/mol. The first-order valence-corrected chi connectivity index (χ1v) is 8.72. The molecule has 7 heteroatoms. The lowest BCUT2D eigenvalue weighted by atomic mass is 10.1. The predicted molar refractivity (Wildman–Crippen MR) is 95.2 cm³/mol. The average molecular weight is 361 g/mol. The molecule has 2 aromatic rings. The van der Waals surface area contributed by atoms with Crippen LogP contribution in [0.25, 0.3) is 0 Å². The number of carbonyl (C=O) groups excluding carboxylic acids is 2. The van der Waals surface area contributed by atoms with E-state index in [9.17, 15) is 9.59 Å². The highest BCUT2D eigenvalue weighted by Crippen LogP contribution is 2.15. The van der Waals surface area contributed by atoms with E-state index in [1.54, 1.807) is 13.1 Å². The van der Waals surface area contributed by atoms with Gasteiger partial charge in [-0.1, -0.05) is 41.9 Å². The van der Waals surface area contributed by atoms with Crippen molar-refractivity contribution in [3.05, 3.63) is 53.3 Å². The van der Waals surface area contributed by atoms with E-state index in [2.05, 4.69) is 22.5 Å². The third kappa shape index (κ3) is 4.39. The highest BCUT2D eigenvalue weighted by molar-refractivity contribution is 6.30. The quantitative estimate of drug-likeness (QED) is 0.857. The average Bonchev–Trinajstić information content (AvgIpc) is 3.19. The van der Waals surface area contributed by atoms with E-state index < -0.39 is 6.04 Å². The van der Waals surface area contributed by atoms with Crippen LogP contribution >= 0.6 is 11.6 Å². The van der Waals surface area contributed by atoms with Crippen LogP contribution in [-0.2, 0) is 16.0 Å². The lowest BCUT2D eigenvalue weighted by Crippen LogP contribution is -2.40. The second-order valence-corrected chi connectivity index (χ2v) is 6.74. The molecule has 0 radical (unpaired) electrons. The largest absolute Gasteiger partial charge is 0.349 e. The molecule has 0 unspecified atom stereocenters. The summed E-state index contributed by atoms with van der Waals surface area (Å²) in [4.78, 5) is 26.3. The molecule has 25 heavy (non-hydrogen) atoms. The molecule has 1 aliphatic rings. The van der Waals surface area contributed by atoms with E-state index in [1.165, 1.54) is 16.4 Å². The number of aromatic nitrogens is 2. The second kappa shape index (κ2) is 7.70. The van der Waals surface area contributed by atoms with Gasteiger partial charge in [0.25, 0.3) is 0 Å². The van der Waals surface area contributed by atoms with Crippen LogP contribution in [0.5, 0.6) is 0 Å². The van der Waals surface area contributed by atoms with Gasteiger partial charge in [-0.3, -0.25) is 14.3 Å². The standard InChI is InChI=1S/C18H21ClN4O2/c1-13(23-11-15(19)10-20-23)18(25)21-16-9-17(24)22(12-16)8-7-14-5-3-2-4-6-14/h2-6,10-11,13,16H,7-9,12H2,1H3,(H,21,25)/t13-,16+/m0/s1. The van der Waals surface area contributed by atoms with Crippen LogP contribution in [0.2, 0.25) is 5.02 Å². The summed E-state index contributed by atoms with van der Waals surface area (Å²) in [7, 11) is 0. The zero-order valence-corrected chi connectivity index (χ0v) is 14.8. The molecule has 1 aliphatic heterocycles. The molecule has 6 nitrogen and oxygen atoms in total. The molecule has 132 valence electrons. The molecule has 1 N–H and O–H groups in total. The summed E-state index contributed by atoms with van der Waals surface area (Å²) < 4.78 is 1.52. The van der Waals surface area contributed by atoms with Gasteiger partial charge >= 0.3 is 0 Å². The minimum absolute atomic E-state index is 0.0796. The van der Waals surface area contributed by atoms with Crippen LogP contribution < -0.4 is 5.32 Å². The molecule has 0 saturated carbocycles. The van der Waals surface area contributed by atoms with Gasteiger partial charge in [0.05, 0.1) is 17.3 Å². The number of carbonyl (C=O) groups is 2. The fourth-order valence-corrected chi connectivity index (χ4v) is 3.11. The smallest absolute Gasteiger partial charge is 0.244 e. The van der Waals surface area contributed by atoms with E-state index in [1.807, 2.05) is 23.1 Å². The molecule has 2 heterocycles. The molecule has 2 atom stereocenters. The highest BCUT2D eigenvalue weighted by atomic mass is 35.5. The number of hydrogen-bond acceptors (Lipinski definition) is 3. The molecule has 1 aromatic heterocycles. The molecule has 0 aliphatic carbocycles. The number of rotatable bonds is 6. The Morgan fingerprint density at radius 3 is 2.84 bits per heavy atom. The summed E-state index contributed by atoms with van der Waals surface area (Å²) in [5.41, 5.74) is 1.20. The number of benzene rings is 1. The number of likely N-dealkylation sites (tertiary alicyclic amines) is 1. The molecule has 2 amide bonds. The van der Waals surface area contributed by atoms with Crippen LogP contribution in [0, 0.1) is 0 Å². The van der Waals surface area contributed by atoms with Crippen LogP contribution in [0.4, 0.5) is 0 Å². The van der Waals surface area contributed by atoms with Gasteiger partial charge in [-0.25, -0.2) is 0 Å². The summed E-state index contributed by atoms with van der Waals surface area (Å²) in [5.74, 6) is -0.0847. The molecule has 1 saturated heterocycles. The van der Waals surface area contributed by atoms with Gasteiger partial charge in [0.1, 0.15) is 6.04 Å². The number of hydrogen-bond donors (Lipinski definition) is 1. The SMILES string of the molecule is C[C@@H](C(=O)N[C@@H]1CC(=O)N(CCc2ccccc2)C1)n1cc(Cl)cn1. The van der Waals surface area contributed by atoms with Crippen molar-refractivity contribution in [2.45, 2.75) is 31.8 Å². The zero-order valence-electron chi connectivity index (χ0n) is 14.1. The predicted octanol–water partition coefficient (Wildman–Crippen LogP) is 2.06. The van der Waals surface area contributed by atoms with Crippen molar-refractivity contribution in [2.24, 2.45) is 0 Å². The van der Waals surface area contributed by atoms with Crippen molar-refractivity contribution >= 4 is 23.4 Å². The monoisotopic (exact) mass is 360 g/mol. The van der Waals surface area contributed by atoms with Gasteiger partial charge in [0.2, 0.25) is 11.8 Å². The van der Waals surface area contributed by atoms with E-state index in [0.717, 1.165) is 6.42 Å². The van der Waals surface area contributed by atoms with Crippen molar-refractivity contribution < 1.29 is 9.59 Å². The minimum Gasteiger partial charge on any atom is -0.349 e. The first-order valence-electron chi connectivity index (χ1n) is 8.34. The molecule has 3 rings (SSSR count). The number of nitrogens with one attached hydrogen (secondary N) is 1. The maximum absolute atomic E-state index is 12.4. The van der Waals surface area contributed by atoms with Crippen LogP contribution in [0.3, 0.4) is 0 Å². The Morgan fingerprint density at radius 1 is 1.40 bits per heavy atom. The number of halogens is 1. The van der Waals surface area contributed by atoms with Gasteiger partial charge in [-0.05, 0) is 18.9 Å². The molecule has 1 fully saturated rings. The number of amides is 2. The van der Waals surface area contributed by atoms with Gasteiger partial charge in [0.15, 0.2) is 0 Å². The summed E-state index contributed by atoms with van der Waals surface area (Å²) >= 11 is 5.84. The minimum atomic E-state index is -0.471. The summed E-state index contributed by atoms with van der Waals surface area (Å²) in [5, 5.41) is 7.48. The molecule has 0 bridgehead atoms. The van der Waals surface area contributed by atoms with Crippen molar-refractivity contribution in [3.8, 4) is 0 Å². The van der Waals surface area contributed by atoms with Crippen LogP contribution in [-0.4, -0.2) is 45.6 Å². The van der Waals surface area contributed by atoms with E-state index in [-0.39, 0.29) is 17.9 Å². The Hall–Kier alpha value is -2.34. The van der Waals surface area contributed by atoms with E-state index >= 15 is 0 Å². The van der Waals surface area contributed by atoms with Crippen molar-refractivity contribution in [1.29, 1.82) is 0 Å². The summed E-state index contributed by atoms with van der Waals surface area (Å²) in [6, 6.07) is 9.43. The van der Waals surface area contributed by atoms with E-state index in [4.69, 9.17) is 11.6 Å². The maximum Gasteiger partial charge on any atom is 0.244 e. The summed E-state index contributed by atoms with van der Waals surface area (Å²) in [6.07, 6.45) is 4.26. The lowest BCUT2D eigenvalue weighted by Gasteiger charge is -2.19. The third-order valence-electron chi connectivity index (χ3n) is 4.42. The van der Waals surface area contributed by atoms with Gasteiger partial charge in [-0.2, -0.15) is 5.10 Å². The first kappa shape index (κ1) is 17.5. The maximum atomic E-state index is 12.4. The van der Waals surface area contributed by atoms with Crippen LogP contribution in [0.1, 0.15) is 24.9 Å². The Kier molecular flexibility index (Phi) is 5.38. The Labute approximate surface area is 151 Å². The Morgan fingerprint density at radius 2 is 2.16 bits per heavy atom. The first-order chi connectivity index (χ1) is 12.0. The lowest BCUT2D eigenvalue weighted by molar-refractivity contribution is -0.127. The third-order valence-corrected chi connectivity index (χ3v) is 4.62. The van der Waals surface area contributed by atoms with E-state index in [0.29, 0.717) is 24.5 Å². The van der Waals surface area contributed by atoms with Crippen molar-refractivity contribution in [1.82, 2.24) is 20.0 Å². The number of nitrogens with zero attached hydrogens (tertiary/aromatic N) is 3. The van der Waals surface area contributed by atoms with Gasteiger partial charge in [0, 0.05) is 25.7 Å². The fraction of sp³-hybridized carbons (Fsp3) is 0.389. The fourth-order valence-electron chi connectivity index (χ4n) is 2.96. The molecular formula is C18H21ClN4O2. The second-order valence-electron chi connectivity index (χ2n) is 6.30. The Balaban J connectivity index is 1.51. The highest BCUT2D eigenvalue weighted by Gasteiger charge is 2.31. The van der Waals surface area contributed by atoms with Crippen molar-refractivity contribution in [3.63, 3.8) is 0 Å². The van der Waals surface area contributed by atoms with Crippen LogP contribution in [0.15, 0.2) is 42.7 Å². The van der Waals surface area contributed by atoms with Crippen molar-refractivity contribution in [2.75, 3.05) is 13.1 Å².